The molecule has 0 radical (unpaired) electrons. The smallest absolute Gasteiger partial charge is 0.157 e. The van der Waals surface area contributed by atoms with Gasteiger partial charge in [-0.25, -0.2) is 0 Å². The third-order valence-corrected chi connectivity index (χ3v) is 4.45. The second kappa shape index (κ2) is 5.13. The summed E-state index contributed by atoms with van der Waals surface area (Å²) in [5.74, 6) is -0.144. The number of rotatable bonds is 1. The fraction of sp³-hybridized carbons (Fsp3) is 0.250. The molecule has 4 N–H and O–H groups in total. The molecular formula is C16H16ClNO3. The molecule has 0 aromatic heterocycles. The van der Waals surface area contributed by atoms with Gasteiger partial charge in [0.25, 0.3) is 0 Å². The highest BCUT2D eigenvalue weighted by molar-refractivity contribution is 6.26. The van der Waals surface area contributed by atoms with Crippen LogP contribution in [0, 0.1) is 0 Å². The van der Waals surface area contributed by atoms with Gasteiger partial charge in [0.05, 0.1) is 0 Å². The third-order valence-electron chi connectivity index (χ3n) is 3.89. The molecule has 1 heterocycles. The van der Waals surface area contributed by atoms with Crippen molar-refractivity contribution in [1.29, 1.82) is 0 Å². The van der Waals surface area contributed by atoms with E-state index < -0.39 is 4.87 Å². The summed E-state index contributed by atoms with van der Waals surface area (Å²) in [4.78, 5) is -0.856. The summed E-state index contributed by atoms with van der Waals surface area (Å²) >= 11 is 6.88. The summed E-state index contributed by atoms with van der Waals surface area (Å²) in [5.41, 5.74) is 2.50. The molecule has 1 aliphatic heterocycles. The Labute approximate surface area is 127 Å². The highest BCUT2D eigenvalue weighted by atomic mass is 35.5. The van der Waals surface area contributed by atoms with Crippen molar-refractivity contribution in [2.75, 3.05) is 13.1 Å². The van der Waals surface area contributed by atoms with Crippen molar-refractivity contribution in [3.05, 3.63) is 53.1 Å². The number of fused-ring (bicyclic) bond motifs is 1. The number of phenolic OH excluding ortho intramolecular Hbond substituents is 3. The van der Waals surface area contributed by atoms with Crippen molar-refractivity contribution in [2.45, 2.75) is 11.3 Å². The highest BCUT2D eigenvalue weighted by Gasteiger charge is 2.36. The van der Waals surface area contributed by atoms with Crippen LogP contribution in [0.5, 0.6) is 17.2 Å². The van der Waals surface area contributed by atoms with Gasteiger partial charge in [-0.05, 0) is 53.9 Å². The van der Waals surface area contributed by atoms with Gasteiger partial charge in [-0.3, -0.25) is 0 Å². The van der Waals surface area contributed by atoms with E-state index >= 15 is 0 Å². The predicted molar refractivity (Wildman–Crippen MR) is 81.1 cm³/mol. The van der Waals surface area contributed by atoms with Crippen molar-refractivity contribution in [1.82, 2.24) is 5.32 Å². The lowest BCUT2D eigenvalue weighted by Crippen LogP contribution is -2.33. The molecule has 0 spiro atoms. The Kier molecular flexibility index (Phi) is 3.43. The Morgan fingerprint density at radius 2 is 1.67 bits per heavy atom. The monoisotopic (exact) mass is 305 g/mol. The van der Waals surface area contributed by atoms with Crippen LogP contribution in [0.2, 0.25) is 0 Å². The summed E-state index contributed by atoms with van der Waals surface area (Å²) < 4.78 is 0. The number of halogens is 1. The zero-order chi connectivity index (χ0) is 15.0. The molecule has 0 saturated carbocycles. The lowest BCUT2D eigenvalue weighted by atomic mass is 9.87. The van der Waals surface area contributed by atoms with Gasteiger partial charge in [0, 0.05) is 6.54 Å². The molecule has 2 aromatic carbocycles. The van der Waals surface area contributed by atoms with E-state index in [1.807, 2.05) is 0 Å². The molecule has 0 aliphatic carbocycles. The SMILES string of the molecule is Oc1ccc(C2(Cl)CNCCc3cc(O)c(O)cc32)cc1. The Balaban J connectivity index is 2.19. The van der Waals surface area contributed by atoms with Gasteiger partial charge in [-0.1, -0.05) is 12.1 Å². The van der Waals surface area contributed by atoms with E-state index in [4.69, 9.17) is 11.6 Å². The first-order valence-electron chi connectivity index (χ1n) is 6.75. The topological polar surface area (TPSA) is 72.7 Å². The van der Waals surface area contributed by atoms with E-state index in [9.17, 15) is 15.3 Å². The standard InChI is InChI=1S/C16H16ClNO3/c17-16(11-1-3-12(19)4-2-11)9-18-6-5-10-7-14(20)15(21)8-13(10)16/h1-4,7-8,18-21H,5-6,9H2. The van der Waals surface area contributed by atoms with Crippen molar-refractivity contribution >= 4 is 11.6 Å². The van der Waals surface area contributed by atoms with E-state index in [-0.39, 0.29) is 17.2 Å². The average Bonchev–Trinajstić information content (AvgIpc) is 2.61. The van der Waals surface area contributed by atoms with Crippen LogP contribution >= 0.6 is 11.6 Å². The lowest BCUT2D eigenvalue weighted by Gasteiger charge is -2.28. The Morgan fingerprint density at radius 3 is 2.38 bits per heavy atom. The van der Waals surface area contributed by atoms with Crippen LogP contribution in [-0.2, 0) is 11.3 Å². The minimum Gasteiger partial charge on any atom is -0.508 e. The molecule has 21 heavy (non-hydrogen) atoms. The number of alkyl halides is 1. The van der Waals surface area contributed by atoms with Gasteiger partial charge in [0.2, 0.25) is 0 Å². The number of hydrogen-bond donors (Lipinski definition) is 4. The summed E-state index contributed by atoms with van der Waals surface area (Å²) in [6.07, 6.45) is 0.718. The van der Waals surface area contributed by atoms with E-state index in [2.05, 4.69) is 5.32 Å². The Hall–Kier alpha value is -1.91. The number of hydrogen-bond acceptors (Lipinski definition) is 4. The molecule has 0 amide bonds. The Bertz CT molecular complexity index is 672. The molecular weight excluding hydrogens is 290 g/mol. The van der Waals surface area contributed by atoms with E-state index in [1.54, 1.807) is 30.3 Å². The van der Waals surface area contributed by atoms with Gasteiger partial charge in [0.15, 0.2) is 11.5 Å². The quantitative estimate of drug-likeness (QED) is 0.482. The normalized spacial score (nSPS) is 21.6. The second-order valence-corrected chi connectivity index (χ2v) is 5.92. The third kappa shape index (κ3) is 2.41. The molecule has 2 aromatic rings. The van der Waals surface area contributed by atoms with E-state index in [0.29, 0.717) is 6.54 Å². The molecule has 110 valence electrons. The van der Waals surface area contributed by atoms with Crippen LogP contribution in [0.4, 0.5) is 0 Å². The van der Waals surface area contributed by atoms with Crippen LogP contribution in [0.1, 0.15) is 16.7 Å². The largest absolute Gasteiger partial charge is 0.508 e. The number of benzene rings is 2. The van der Waals surface area contributed by atoms with Crippen LogP contribution in [0.25, 0.3) is 0 Å². The number of aromatic hydroxyl groups is 3. The molecule has 1 aliphatic rings. The zero-order valence-electron chi connectivity index (χ0n) is 11.3. The Morgan fingerprint density at radius 1 is 1.00 bits per heavy atom. The first-order chi connectivity index (χ1) is 10.0. The summed E-state index contributed by atoms with van der Waals surface area (Å²) in [5, 5.41) is 32.2. The van der Waals surface area contributed by atoms with Crippen LogP contribution in [0.3, 0.4) is 0 Å². The van der Waals surface area contributed by atoms with Crippen LogP contribution in [0.15, 0.2) is 36.4 Å². The molecule has 1 unspecified atom stereocenters. The molecule has 5 heteroatoms. The summed E-state index contributed by atoms with van der Waals surface area (Å²) in [7, 11) is 0. The van der Waals surface area contributed by atoms with Crippen LogP contribution < -0.4 is 5.32 Å². The molecule has 0 bridgehead atoms. The van der Waals surface area contributed by atoms with Gasteiger partial charge >= 0.3 is 0 Å². The average molecular weight is 306 g/mol. The zero-order valence-corrected chi connectivity index (χ0v) is 12.1. The molecule has 3 rings (SSSR count). The van der Waals surface area contributed by atoms with Gasteiger partial charge in [-0.2, -0.15) is 0 Å². The van der Waals surface area contributed by atoms with Crippen molar-refractivity contribution in [2.24, 2.45) is 0 Å². The molecule has 0 saturated heterocycles. The first-order valence-corrected chi connectivity index (χ1v) is 7.13. The highest BCUT2D eigenvalue weighted by Crippen LogP contribution is 2.43. The van der Waals surface area contributed by atoms with Crippen molar-refractivity contribution in [3.8, 4) is 17.2 Å². The lowest BCUT2D eigenvalue weighted by molar-refractivity contribution is 0.402. The minimum atomic E-state index is -0.856. The summed E-state index contributed by atoms with van der Waals surface area (Å²) in [6, 6.07) is 9.80. The first kappa shape index (κ1) is 14.0. The van der Waals surface area contributed by atoms with Crippen molar-refractivity contribution in [3.63, 3.8) is 0 Å². The van der Waals surface area contributed by atoms with Gasteiger partial charge in [-0.15, -0.1) is 11.6 Å². The number of phenols is 3. The molecule has 0 fully saturated rings. The van der Waals surface area contributed by atoms with E-state index in [0.717, 1.165) is 29.7 Å². The van der Waals surface area contributed by atoms with Crippen LogP contribution in [-0.4, -0.2) is 28.4 Å². The minimum absolute atomic E-state index is 0.139. The predicted octanol–water partition coefficient (Wildman–Crippen LogP) is 2.43. The molecule has 1 atom stereocenters. The summed E-state index contributed by atoms with van der Waals surface area (Å²) in [6.45, 7) is 1.24. The van der Waals surface area contributed by atoms with Crippen molar-refractivity contribution < 1.29 is 15.3 Å². The van der Waals surface area contributed by atoms with E-state index in [1.165, 1.54) is 6.07 Å². The maximum Gasteiger partial charge on any atom is 0.157 e. The second-order valence-electron chi connectivity index (χ2n) is 5.27. The maximum absolute atomic E-state index is 9.82. The fourth-order valence-corrected chi connectivity index (χ4v) is 3.15. The molecule has 4 nitrogen and oxygen atoms in total. The van der Waals surface area contributed by atoms with Gasteiger partial charge < -0.3 is 20.6 Å². The number of nitrogens with one attached hydrogen (secondary N) is 1. The van der Waals surface area contributed by atoms with Gasteiger partial charge in [0.1, 0.15) is 10.6 Å². The maximum atomic E-state index is 9.82. The fourth-order valence-electron chi connectivity index (χ4n) is 2.76.